The van der Waals surface area contributed by atoms with E-state index in [9.17, 15) is 0 Å². The van der Waals surface area contributed by atoms with E-state index in [1.165, 1.54) is 16.7 Å². The van der Waals surface area contributed by atoms with Crippen molar-refractivity contribution in [3.05, 3.63) is 34.9 Å². The lowest BCUT2D eigenvalue weighted by atomic mass is 9.76. The summed E-state index contributed by atoms with van der Waals surface area (Å²) in [4.78, 5) is 0. The summed E-state index contributed by atoms with van der Waals surface area (Å²) in [5, 5.41) is 0. The highest BCUT2D eigenvalue weighted by molar-refractivity contribution is 5.52. The summed E-state index contributed by atoms with van der Waals surface area (Å²) in [6.45, 7) is 20.1. The van der Waals surface area contributed by atoms with Crippen LogP contribution in [0.1, 0.15) is 79.0 Å². The van der Waals surface area contributed by atoms with Gasteiger partial charge in [-0.1, -0.05) is 71.6 Å². The molecule has 110 valence electrons. The Labute approximate surface area is 126 Å². The van der Waals surface area contributed by atoms with E-state index in [0.29, 0.717) is 0 Å². The van der Waals surface area contributed by atoms with Gasteiger partial charge in [0.1, 0.15) is 0 Å². The number of hydrogen-bond donors (Lipinski definition) is 0. The highest BCUT2D eigenvalue weighted by Gasteiger charge is 2.24. The van der Waals surface area contributed by atoms with Crippen molar-refractivity contribution in [2.24, 2.45) is 5.41 Å². The lowest BCUT2D eigenvalue weighted by Gasteiger charge is -2.28. The van der Waals surface area contributed by atoms with Crippen LogP contribution in [0.25, 0.3) is 0 Å². The maximum Gasteiger partial charge on any atom is 0.0320 e. The topological polar surface area (TPSA) is 0 Å². The zero-order valence-corrected chi connectivity index (χ0v) is 14.7. The van der Waals surface area contributed by atoms with Crippen LogP contribution < -0.4 is 0 Å². The molecule has 0 aliphatic rings. The largest absolute Gasteiger partial charge is 0.0919 e. The van der Waals surface area contributed by atoms with Crippen LogP contribution in [0.4, 0.5) is 0 Å². The number of hydrogen-bond acceptors (Lipinski definition) is 0. The molecule has 0 atom stereocenters. The fourth-order valence-corrected chi connectivity index (χ4v) is 2.19. The van der Waals surface area contributed by atoms with Gasteiger partial charge in [-0.2, -0.15) is 0 Å². The quantitative estimate of drug-likeness (QED) is 0.532. The first-order valence-electron chi connectivity index (χ1n) is 7.49. The molecule has 0 aromatic heterocycles. The third-order valence-electron chi connectivity index (χ3n) is 3.24. The molecule has 0 unspecified atom stereocenters. The first-order valence-corrected chi connectivity index (χ1v) is 7.49. The van der Waals surface area contributed by atoms with Gasteiger partial charge in [-0.25, -0.2) is 0 Å². The number of rotatable bonds is 0. The van der Waals surface area contributed by atoms with Crippen LogP contribution in [0, 0.1) is 17.3 Å². The molecule has 20 heavy (non-hydrogen) atoms. The Morgan fingerprint density at radius 2 is 1.10 bits per heavy atom. The van der Waals surface area contributed by atoms with Crippen molar-refractivity contribution >= 4 is 0 Å². The molecule has 1 aromatic carbocycles. The second kappa shape index (κ2) is 5.28. The van der Waals surface area contributed by atoms with Crippen LogP contribution in [0.3, 0.4) is 0 Å². The molecule has 0 aliphatic heterocycles. The third kappa shape index (κ3) is 4.41. The fourth-order valence-electron chi connectivity index (χ4n) is 2.19. The molecule has 0 saturated heterocycles. The van der Waals surface area contributed by atoms with Crippen LogP contribution in [-0.4, -0.2) is 0 Å². The van der Waals surface area contributed by atoms with Gasteiger partial charge in [0.25, 0.3) is 0 Å². The van der Waals surface area contributed by atoms with Gasteiger partial charge in [-0.15, -0.1) is 0 Å². The van der Waals surface area contributed by atoms with E-state index < -0.39 is 0 Å². The molecule has 0 aliphatic carbocycles. The second-order valence-electron chi connectivity index (χ2n) is 8.73. The second-order valence-corrected chi connectivity index (χ2v) is 8.73. The Hall–Kier alpha value is -1.22. The molecule has 0 saturated carbocycles. The van der Waals surface area contributed by atoms with Crippen LogP contribution >= 0.6 is 0 Å². The van der Waals surface area contributed by atoms with Gasteiger partial charge in [0.05, 0.1) is 0 Å². The summed E-state index contributed by atoms with van der Waals surface area (Å²) in [6.07, 6.45) is 0. The van der Waals surface area contributed by atoms with Gasteiger partial charge in [0, 0.05) is 11.0 Å². The monoisotopic (exact) mass is 270 g/mol. The first-order chi connectivity index (χ1) is 8.82. The summed E-state index contributed by atoms with van der Waals surface area (Å²) in [5.41, 5.74) is 4.18. The molecule has 0 bridgehead atoms. The SMILES string of the molecule is CC(C)(C)C#Cc1c(C(C)(C)C)cccc1C(C)(C)C. The first kappa shape index (κ1) is 16.8. The van der Waals surface area contributed by atoms with Gasteiger partial charge < -0.3 is 0 Å². The van der Waals surface area contributed by atoms with Crippen LogP contribution in [0.5, 0.6) is 0 Å². The summed E-state index contributed by atoms with van der Waals surface area (Å²) >= 11 is 0. The van der Waals surface area contributed by atoms with Gasteiger partial charge in [0.15, 0.2) is 0 Å². The highest BCUT2D eigenvalue weighted by Crippen LogP contribution is 2.33. The Kier molecular flexibility index (Phi) is 4.45. The standard InChI is InChI=1S/C20H30/c1-18(2,3)14-13-15-16(19(4,5)6)11-10-12-17(15)20(7,8)9/h10-12H,1-9H3. The van der Waals surface area contributed by atoms with Gasteiger partial charge in [0.2, 0.25) is 0 Å². The summed E-state index contributed by atoms with van der Waals surface area (Å²) in [7, 11) is 0. The summed E-state index contributed by atoms with van der Waals surface area (Å²) in [5.74, 6) is 6.90. The molecule has 0 heterocycles. The molecule has 0 N–H and O–H groups in total. The van der Waals surface area contributed by atoms with E-state index in [-0.39, 0.29) is 16.2 Å². The average molecular weight is 270 g/mol. The summed E-state index contributed by atoms with van der Waals surface area (Å²) in [6, 6.07) is 6.62. The zero-order valence-electron chi connectivity index (χ0n) is 14.7. The number of benzene rings is 1. The Balaban J connectivity index is 3.61. The van der Waals surface area contributed by atoms with E-state index in [2.05, 4.69) is 92.4 Å². The predicted octanol–water partition coefficient (Wildman–Crippen LogP) is 5.68. The van der Waals surface area contributed by atoms with Crippen molar-refractivity contribution in [2.75, 3.05) is 0 Å². The van der Waals surface area contributed by atoms with Crippen molar-refractivity contribution < 1.29 is 0 Å². The normalized spacial score (nSPS) is 12.8. The molecule has 0 radical (unpaired) electrons. The molecule has 0 spiro atoms. The zero-order chi connectivity index (χ0) is 15.8. The molecular weight excluding hydrogens is 240 g/mol. The maximum absolute atomic E-state index is 3.48. The molecule has 0 heteroatoms. The molecule has 1 rings (SSSR count). The van der Waals surface area contributed by atoms with Crippen LogP contribution in [0.15, 0.2) is 18.2 Å². The van der Waals surface area contributed by atoms with Crippen molar-refractivity contribution in [3.8, 4) is 11.8 Å². The molecular formula is C20H30. The minimum absolute atomic E-state index is 0.0279. The lowest BCUT2D eigenvalue weighted by molar-refractivity contribution is 0.562. The van der Waals surface area contributed by atoms with Crippen molar-refractivity contribution in [3.63, 3.8) is 0 Å². The minimum Gasteiger partial charge on any atom is -0.0919 e. The molecule has 1 aromatic rings. The van der Waals surface area contributed by atoms with E-state index in [0.717, 1.165) is 0 Å². The van der Waals surface area contributed by atoms with Crippen molar-refractivity contribution in [1.29, 1.82) is 0 Å². The van der Waals surface area contributed by atoms with E-state index in [1.54, 1.807) is 0 Å². The molecule has 0 amide bonds. The van der Waals surface area contributed by atoms with E-state index in [1.807, 2.05) is 0 Å². The smallest absolute Gasteiger partial charge is 0.0320 e. The van der Waals surface area contributed by atoms with Gasteiger partial charge >= 0.3 is 0 Å². The van der Waals surface area contributed by atoms with Crippen LogP contribution in [0.2, 0.25) is 0 Å². The van der Waals surface area contributed by atoms with Gasteiger partial charge in [-0.05, 0) is 42.7 Å². The Morgan fingerprint density at radius 3 is 1.40 bits per heavy atom. The van der Waals surface area contributed by atoms with Crippen LogP contribution in [-0.2, 0) is 10.8 Å². The molecule has 0 nitrogen and oxygen atoms in total. The molecule has 0 fully saturated rings. The highest BCUT2D eigenvalue weighted by atomic mass is 14.3. The summed E-state index contributed by atoms with van der Waals surface area (Å²) < 4.78 is 0. The Morgan fingerprint density at radius 1 is 0.700 bits per heavy atom. The maximum atomic E-state index is 3.48. The Bertz CT molecular complexity index is 496. The van der Waals surface area contributed by atoms with Gasteiger partial charge in [-0.3, -0.25) is 0 Å². The van der Waals surface area contributed by atoms with Crippen molar-refractivity contribution in [1.82, 2.24) is 0 Å². The van der Waals surface area contributed by atoms with E-state index in [4.69, 9.17) is 0 Å². The lowest BCUT2D eigenvalue weighted by Crippen LogP contribution is -2.20. The van der Waals surface area contributed by atoms with E-state index >= 15 is 0 Å². The average Bonchev–Trinajstić information content (AvgIpc) is 2.22. The predicted molar refractivity (Wildman–Crippen MR) is 90.2 cm³/mol. The third-order valence-corrected chi connectivity index (χ3v) is 3.24. The van der Waals surface area contributed by atoms with Crippen molar-refractivity contribution in [2.45, 2.75) is 73.1 Å². The minimum atomic E-state index is 0.0279. The fraction of sp³-hybridized carbons (Fsp3) is 0.600.